The van der Waals surface area contributed by atoms with Crippen molar-refractivity contribution >= 4 is 0 Å². The van der Waals surface area contributed by atoms with Gasteiger partial charge in [0.2, 0.25) is 0 Å². The zero-order chi connectivity index (χ0) is 15.5. The van der Waals surface area contributed by atoms with Crippen molar-refractivity contribution in [2.45, 2.75) is 50.7 Å². The van der Waals surface area contributed by atoms with Crippen molar-refractivity contribution in [2.24, 2.45) is 0 Å². The Morgan fingerprint density at radius 2 is 1.52 bits per heavy atom. The minimum atomic E-state index is 0.807. The van der Waals surface area contributed by atoms with E-state index in [4.69, 9.17) is 0 Å². The number of hydrogen-bond acceptors (Lipinski definition) is 4. The standard InChI is InChI=1S/C18H31N5/c1-2-5-17(6-3-1)21-10-12-22(13-11-21)18-15-20(16-18)9-14-23-8-4-7-19-23/h4,7-8,17-18H,1-3,5-6,9-16H2. The molecule has 1 aliphatic carbocycles. The van der Waals surface area contributed by atoms with E-state index in [1.807, 2.05) is 16.9 Å². The summed E-state index contributed by atoms with van der Waals surface area (Å²) in [6.07, 6.45) is 11.2. The number of hydrogen-bond donors (Lipinski definition) is 0. The molecule has 0 aromatic carbocycles. The van der Waals surface area contributed by atoms with Crippen LogP contribution in [0.4, 0.5) is 0 Å². The largest absolute Gasteiger partial charge is 0.298 e. The summed E-state index contributed by atoms with van der Waals surface area (Å²) < 4.78 is 2.04. The van der Waals surface area contributed by atoms with Crippen molar-refractivity contribution in [3.63, 3.8) is 0 Å². The SMILES string of the molecule is c1cnn(CCN2CC(N3CCN(C4CCCCC4)CC3)C2)c1. The second-order valence-corrected chi connectivity index (χ2v) is 7.55. The summed E-state index contributed by atoms with van der Waals surface area (Å²) in [5, 5.41) is 4.28. The van der Waals surface area contributed by atoms with Crippen LogP contribution in [0.2, 0.25) is 0 Å². The Morgan fingerprint density at radius 3 is 2.17 bits per heavy atom. The van der Waals surface area contributed by atoms with Gasteiger partial charge >= 0.3 is 0 Å². The van der Waals surface area contributed by atoms with Gasteiger partial charge in [0.05, 0.1) is 6.54 Å². The smallest absolute Gasteiger partial charge is 0.0536 e. The average molecular weight is 317 g/mol. The highest BCUT2D eigenvalue weighted by Crippen LogP contribution is 2.24. The first-order valence-corrected chi connectivity index (χ1v) is 9.56. The molecule has 4 rings (SSSR count). The lowest BCUT2D eigenvalue weighted by molar-refractivity contribution is -0.00847. The van der Waals surface area contributed by atoms with Gasteiger partial charge in [0, 0.05) is 70.3 Å². The molecule has 3 heterocycles. The van der Waals surface area contributed by atoms with Gasteiger partial charge in [-0.2, -0.15) is 5.10 Å². The zero-order valence-corrected chi connectivity index (χ0v) is 14.3. The minimum Gasteiger partial charge on any atom is -0.298 e. The Kier molecular flexibility index (Phi) is 4.97. The van der Waals surface area contributed by atoms with Gasteiger partial charge in [-0.05, 0) is 18.9 Å². The highest BCUT2D eigenvalue weighted by Gasteiger charge is 2.34. The van der Waals surface area contributed by atoms with Gasteiger partial charge in [-0.15, -0.1) is 0 Å². The van der Waals surface area contributed by atoms with Crippen LogP contribution in [0.1, 0.15) is 32.1 Å². The molecule has 0 N–H and O–H groups in total. The van der Waals surface area contributed by atoms with Crippen LogP contribution in [0.3, 0.4) is 0 Å². The van der Waals surface area contributed by atoms with Crippen LogP contribution in [0.25, 0.3) is 0 Å². The van der Waals surface area contributed by atoms with E-state index >= 15 is 0 Å². The fraction of sp³-hybridized carbons (Fsp3) is 0.833. The van der Waals surface area contributed by atoms with E-state index in [0.29, 0.717) is 0 Å². The molecule has 1 aromatic heterocycles. The molecule has 1 aromatic rings. The molecule has 3 aliphatic rings. The molecule has 0 atom stereocenters. The van der Waals surface area contributed by atoms with Crippen molar-refractivity contribution in [3.05, 3.63) is 18.5 Å². The Balaban J connectivity index is 1.15. The van der Waals surface area contributed by atoms with Gasteiger partial charge in [0.1, 0.15) is 0 Å². The maximum atomic E-state index is 4.28. The van der Waals surface area contributed by atoms with Gasteiger partial charge in [0.15, 0.2) is 0 Å². The highest BCUT2D eigenvalue weighted by atomic mass is 15.4. The lowest BCUT2D eigenvalue weighted by Gasteiger charge is -2.49. The predicted octanol–water partition coefficient (Wildman–Crippen LogP) is 1.52. The number of likely N-dealkylation sites (tertiary alicyclic amines) is 1. The maximum Gasteiger partial charge on any atom is 0.0536 e. The van der Waals surface area contributed by atoms with E-state index < -0.39 is 0 Å². The van der Waals surface area contributed by atoms with Crippen LogP contribution < -0.4 is 0 Å². The summed E-state index contributed by atoms with van der Waals surface area (Å²) in [6, 6.07) is 3.71. The molecule has 3 fully saturated rings. The van der Waals surface area contributed by atoms with Crippen LogP contribution in [-0.4, -0.2) is 82.4 Å². The van der Waals surface area contributed by atoms with Crippen LogP contribution >= 0.6 is 0 Å². The molecular formula is C18H31N5. The van der Waals surface area contributed by atoms with Crippen molar-refractivity contribution in [1.29, 1.82) is 0 Å². The van der Waals surface area contributed by atoms with E-state index in [1.165, 1.54) is 71.4 Å². The van der Waals surface area contributed by atoms with Crippen LogP contribution in [-0.2, 0) is 6.54 Å². The molecule has 128 valence electrons. The van der Waals surface area contributed by atoms with Gasteiger partial charge < -0.3 is 0 Å². The fourth-order valence-corrected chi connectivity index (χ4v) is 4.55. The van der Waals surface area contributed by atoms with Crippen molar-refractivity contribution in [2.75, 3.05) is 45.8 Å². The van der Waals surface area contributed by atoms with Gasteiger partial charge in [0.25, 0.3) is 0 Å². The van der Waals surface area contributed by atoms with Crippen LogP contribution in [0.15, 0.2) is 18.5 Å². The maximum absolute atomic E-state index is 4.28. The van der Waals surface area contributed by atoms with Gasteiger partial charge in [-0.3, -0.25) is 19.4 Å². The van der Waals surface area contributed by atoms with Gasteiger partial charge in [-0.25, -0.2) is 0 Å². The molecule has 23 heavy (non-hydrogen) atoms. The number of aromatic nitrogens is 2. The van der Waals surface area contributed by atoms with E-state index in [2.05, 4.69) is 26.0 Å². The summed E-state index contributed by atoms with van der Waals surface area (Å²) >= 11 is 0. The van der Waals surface area contributed by atoms with Crippen LogP contribution in [0.5, 0.6) is 0 Å². The highest BCUT2D eigenvalue weighted by molar-refractivity contribution is 4.91. The summed E-state index contributed by atoms with van der Waals surface area (Å²) in [7, 11) is 0. The Bertz CT molecular complexity index is 454. The molecule has 0 unspecified atom stereocenters. The molecule has 0 bridgehead atoms. The monoisotopic (exact) mass is 317 g/mol. The van der Waals surface area contributed by atoms with E-state index in [0.717, 1.165) is 25.2 Å². The second kappa shape index (κ2) is 7.32. The molecule has 1 saturated carbocycles. The minimum absolute atomic E-state index is 0.807. The normalized spacial score (nSPS) is 26.4. The van der Waals surface area contributed by atoms with Crippen molar-refractivity contribution in [3.8, 4) is 0 Å². The van der Waals surface area contributed by atoms with Crippen LogP contribution in [0, 0.1) is 0 Å². The zero-order valence-electron chi connectivity index (χ0n) is 14.3. The topological polar surface area (TPSA) is 27.5 Å². The third-order valence-electron chi connectivity index (χ3n) is 6.10. The van der Waals surface area contributed by atoms with E-state index in [1.54, 1.807) is 0 Å². The van der Waals surface area contributed by atoms with E-state index in [-0.39, 0.29) is 0 Å². The first kappa shape index (κ1) is 15.6. The molecule has 2 saturated heterocycles. The first-order valence-electron chi connectivity index (χ1n) is 9.56. The summed E-state index contributed by atoms with van der Waals surface area (Å²) in [5.41, 5.74) is 0. The van der Waals surface area contributed by atoms with Crippen molar-refractivity contribution in [1.82, 2.24) is 24.5 Å². The molecule has 0 radical (unpaired) electrons. The summed E-state index contributed by atoms with van der Waals surface area (Å²) in [4.78, 5) is 8.09. The predicted molar refractivity (Wildman–Crippen MR) is 92.5 cm³/mol. The Labute approximate surface area is 140 Å². The fourth-order valence-electron chi connectivity index (χ4n) is 4.55. The summed E-state index contributed by atoms with van der Waals surface area (Å²) in [5.74, 6) is 0. The number of piperazine rings is 1. The molecule has 5 heteroatoms. The third kappa shape index (κ3) is 3.78. The number of rotatable bonds is 5. The molecule has 0 spiro atoms. The third-order valence-corrected chi connectivity index (χ3v) is 6.10. The quantitative estimate of drug-likeness (QED) is 0.823. The molecule has 5 nitrogen and oxygen atoms in total. The van der Waals surface area contributed by atoms with Gasteiger partial charge in [-0.1, -0.05) is 19.3 Å². The first-order chi connectivity index (χ1) is 11.4. The Morgan fingerprint density at radius 1 is 0.826 bits per heavy atom. The average Bonchev–Trinajstić information content (AvgIpc) is 3.08. The second-order valence-electron chi connectivity index (χ2n) is 7.55. The Hall–Kier alpha value is -0.910. The number of nitrogens with zero attached hydrogens (tertiary/aromatic N) is 5. The van der Waals surface area contributed by atoms with E-state index in [9.17, 15) is 0 Å². The molecular weight excluding hydrogens is 286 g/mol. The molecule has 0 amide bonds. The lowest BCUT2D eigenvalue weighted by Crippen LogP contribution is -2.64. The van der Waals surface area contributed by atoms with Crippen molar-refractivity contribution < 1.29 is 0 Å². The lowest BCUT2D eigenvalue weighted by atomic mass is 9.93. The summed E-state index contributed by atoms with van der Waals surface area (Å²) in [6.45, 7) is 9.84. The molecule has 2 aliphatic heterocycles.